The lowest BCUT2D eigenvalue weighted by atomic mass is 10.1. The average molecular weight is 245 g/mol. The van der Waals surface area contributed by atoms with E-state index in [9.17, 15) is 4.79 Å². The Hall–Kier alpha value is -2.07. The normalized spacial score (nSPS) is 10.3. The summed E-state index contributed by atoms with van der Waals surface area (Å²) in [6.45, 7) is 0.220. The molecule has 4 heteroatoms. The van der Waals surface area contributed by atoms with Gasteiger partial charge in [0.05, 0.1) is 12.9 Å². The van der Waals surface area contributed by atoms with Crippen LogP contribution in [0.1, 0.15) is 10.6 Å². The first-order valence-corrected chi connectivity index (χ1v) is 5.73. The number of aliphatic hydroxyl groups is 1. The summed E-state index contributed by atoms with van der Waals surface area (Å²) in [6, 6.07) is 11.4. The Kier molecular flexibility index (Phi) is 3.79. The van der Waals surface area contributed by atoms with Crippen LogP contribution in [0.2, 0.25) is 0 Å². The molecule has 94 valence electrons. The molecule has 2 aromatic rings. The summed E-state index contributed by atoms with van der Waals surface area (Å²) >= 11 is 0. The number of furan rings is 1. The fourth-order valence-corrected chi connectivity index (χ4v) is 1.74. The number of nitrogens with zero attached hydrogens (tertiary/aromatic N) is 1. The zero-order chi connectivity index (χ0) is 13.0. The highest BCUT2D eigenvalue weighted by atomic mass is 16.3. The van der Waals surface area contributed by atoms with Crippen LogP contribution in [-0.4, -0.2) is 36.1 Å². The first-order chi connectivity index (χ1) is 8.74. The van der Waals surface area contributed by atoms with Crippen molar-refractivity contribution in [1.29, 1.82) is 0 Å². The molecule has 2 rings (SSSR count). The molecule has 1 N–H and O–H groups in total. The third kappa shape index (κ3) is 2.43. The third-order valence-corrected chi connectivity index (χ3v) is 2.73. The zero-order valence-electron chi connectivity index (χ0n) is 10.2. The van der Waals surface area contributed by atoms with Gasteiger partial charge in [-0.25, -0.2) is 0 Å². The molecule has 18 heavy (non-hydrogen) atoms. The van der Waals surface area contributed by atoms with Gasteiger partial charge in [0.1, 0.15) is 0 Å². The molecule has 0 atom stereocenters. The van der Waals surface area contributed by atoms with Crippen molar-refractivity contribution >= 4 is 5.91 Å². The van der Waals surface area contributed by atoms with Crippen LogP contribution in [-0.2, 0) is 0 Å². The van der Waals surface area contributed by atoms with Crippen molar-refractivity contribution in [3.05, 3.63) is 48.4 Å². The second-order valence-electron chi connectivity index (χ2n) is 3.98. The van der Waals surface area contributed by atoms with Crippen LogP contribution in [0, 0.1) is 0 Å². The van der Waals surface area contributed by atoms with Crippen molar-refractivity contribution in [1.82, 2.24) is 4.90 Å². The number of likely N-dealkylation sites (N-methyl/N-ethyl adjacent to an activating group) is 1. The number of aliphatic hydroxyl groups excluding tert-OH is 1. The van der Waals surface area contributed by atoms with Crippen LogP contribution in [0.4, 0.5) is 0 Å². The van der Waals surface area contributed by atoms with Crippen molar-refractivity contribution in [2.24, 2.45) is 0 Å². The number of amides is 1. The van der Waals surface area contributed by atoms with Crippen LogP contribution >= 0.6 is 0 Å². The van der Waals surface area contributed by atoms with E-state index in [1.165, 1.54) is 11.2 Å². The maximum Gasteiger partial charge on any atom is 0.290 e. The quantitative estimate of drug-likeness (QED) is 0.896. The molecule has 1 amide bonds. The minimum atomic E-state index is -0.229. The SMILES string of the molecule is CN(CCO)C(=O)c1occc1-c1ccccc1. The first-order valence-electron chi connectivity index (χ1n) is 5.73. The van der Waals surface area contributed by atoms with Gasteiger partial charge in [-0.05, 0) is 11.6 Å². The van der Waals surface area contributed by atoms with Crippen LogP contribution in [0.5, 0.6) is 0 Å². The Morgan fingerprint density at radius 1 is 1.28 bits per heavy atom. The summed E-state index contributed by atoms with van der Waals surface area (Å²) in [5.74, 6) is 0.0741. The Morgan fingerprint density at radius 3 is 2.67 bits per heavy atom. The molecule has 0 unspecified atom stereocenters. The summed E-state index contributed by atoms with van der Waals surface area (Å²) in [5.41, 5.74) is 1.71. The Bertz CT molecular complexity index is 519. The monoisotopic (exact) mass is 245 g/mol. The summed E-state index contributed by atoms with van der Waals surface area (Å²) in [7, 11) is 1.63. The van der Waals surface area contributed by atoms with Gasteiger partial charge in [-0.3, -0.25) is 4.79 Å². The molecule has 0 aliphatic heterocycles. The fraction of sp³-hybridized carbons (Fsp3) is 0.214. The van der Waals surface area contributed by atoms with Gasteiger partial charge < -0.3 is 14.4 Å². The summed E-state index contributed by atoms with van der Waals surface area (Å²) in [4.78, 5) is 13.5. The summed E-state index contributed by atoms with van der Waals surface area (Å²) < 4.78 is 5.28. The lowest BCUT2D eigenvalue weighted by Crippen LogP contribution is -2.29. The number of hydrogen-bond acceptors (Lipinski definition) is 3. The number of carbonyl (C=O) groups is 1. The summed E-state index contributed by atoms with van der Waals surface area (Å²) in [5, 5.41) is 8.84. The van der Waals surface area contributed by atoms with Crippen LogP contribution in [0.25, 0.3) is 11.1 Å². The van der Waals surface area contributed by atoms with Gasteiger partial charge in [0.2, 0.25) is 0 Å². The van der Waals surface area contributed by atoms with E-state index < -0.39 is 0 Å². The molecular formula is C14H15NO3. The van der Waals surface area contributed by atoms with Gasteiger partial charge in [0.15, 0.2) is 5.76 Å². The van der Waals surface area contributed by atoms with Crippen molar-refractivity contribution in [3.63, 3.8) is 0 Å². The number of rotatable bonds is 4. The van der Waals surface area contributed by atoms with E-state index in [0.29, 0.717) is 5.76 Å². The molecule has 0 saturated heterocycles. The second-order valence-corrected chi connectivity index (χ2v) is 3.98. The predicted molar refractivity (Wildman–Crippen MR) is 68.2 cm³/mol. The Balaban J connectivity index is 2.31. The molecule has 0 bridgehead atoms. The Morgan fingerprint density at radius 2 is 2.00 bits per heavy atom. The van der Waals surface area contributed by atoms with E-state index in [1.807, 2.05) is 30.3 Å². The molecule has 0 aliphatic rings. The van der Waals surface area contributed by atoms with E-state index in [2.05, 4.69) is 0 Å². The number of carbonyl (C=O) groups excluding carboxylic acids is 1. The molecule has 0 fully saturated rings. The largest absolute Gasteiger partial charge is 0.459 e. The first kappa shape index (κ1) is 12.4. The van der Waals surface area contributed by atoms with E-state index in [4.69, 9.17) is 9.52 Å². The van der Waals surface area contributed by atoms with Crippen molar-refractivity contribution in [3.8, 4) is 11.1 Å². The van der Waals surface area contributed by atoms with E-state index in [0.717, 1.165) is 11.1 Å². The molecule has 4 nitrogen and oxygen atoms in total. The van der Waals surface area contributed by atoms with Crippen LogP contribution < -0.4 is 0 Å². The van der Waals surface area contributed by atoms with Gasteiger partial charge in [-0.1, -0.05) is 30.3 Å². The lowest BCUT2D eigenvalue weighted by molar-refractivity contribution is 0.0736. The lowest BCUT2D eigenvalue weighted by Gasteiger charge is -2.14. The number of hydrogen-bond donors (Lipinski definition) is 1. The van der Waals surface area contributed by atoms with Crippen molar-refractivity contribution < 1.29 is 14.3 Å². The Labute approximate surface area is 105 Å². The van der Waals surface area contributed by atoms with Gasteiger partial charge in [-0.15, -0.1) is 0 Å². The fourth-order valence-electron chi connectivity index (χ4n) is 1.74. The van der Waals surface area contributed by atoms with Gasteiger partial charge in [0, 0.05) is 19.2 Å². The minimum Gasteiger partial charge on any atom is -0.459 e. The van der Waals surface area contributed by atoms with E-state index in [-0.39, 0.29) is 19.1 Å². The topological polar surface area (TPSA) is 53.7 Å². The third-order valence-electron chi connectivity index (χ3n) is 2.73. The average Bonchev–Trinajstić information content (AvgIpc) is 2.88. The molecular weight excluding hydrogens is 230 g/mol. The van der Waals surface area contributed by atoms with Gasteiger partial charge in [-0.2, -0.15) is 0 Å². The minimum absolute atomic E-state index is 0.0659. The predicted octanol–water partition coefficient (Wildman–Crippen LogP) is 2.01. The highest BCUT2D eigenvalue weighted by molar-refractivity contribution is 5.98. The zero-order valence-corrected chi connectivity index (χ0v) is 10.2. The molecule has 0 radical (unpaired) electrons. The van der Waals surface area contributed by atoms with Crippen molar-refractivity contribution in [2.75, 3.05) is 20.2 Å². The van der Waals surface area contributed by atoms with Crippen LogP contribution in [0.3, 0.4) is 0 Å². The molecule has 0 spiro atoms. The van der Waals surface area contributed by atoms with Crippen LogP contribution in [0.15, 0.2) is 47.1 Å². The van der Waals surface area contributed by atoms with E-state index >= 15 is 0 Å². The van der Waals surface area contributed by atoms with Gasteiger partial charge >= 0.3 is 0 Å². The molecule has 1 heterocycles. The molecule has 1 aromatic carbocycles. The summed E-state index contributed by atoms with van der Waals surface area (Å²) in [6.07, 6.45) is 1.50. The second kappa shape index (κ2) is 5.51. The highest BCUT2D eigenvalue weighted by Crippen LogP contribution is 2.25. The van der Waals surface area contributed by atoms with Crippen molar-refractivity contribution in [2.45, 2.75) is 0 Å². The van der Waals surface area contributed by atoms with Gasteiger partial charge in [0.25, 0.3) is 5.91 Å². The number of benzene rings is 1. The standard InChI is InChI=1S/C14H15NO3/c1-15(8-9-16)14(17)13-12(7-10-18-13)11-5-3-2-4-6-11/h2-7,10,16H,8-9H2,1H3. The maximum absolute atomic E-state index is 12.1. The molecule has 0 aliphatic carbocycles. The molecule has 1 aromatic heterocycles. The van der Waals surface area contributed by atoms with E-state index in [1.54, 1.807) is 13.1 Å². The smallest absolute Gasteiger partial charge is 0.290 e. The maximum atomic E-state index is 12.1. The highest BCUT2D eigenvalue weighted by Gasteiger charge is 2.19. The molecule has 0 saturated carbocycles.